The molecule has 1 atom stereocenters. The standard InChI is InChI=1S/C23H33N3O6Si/c1-23(2,3)33(4,5)32-14-13-31-12-11-24-16-8-6-7-15-19(16)22(30)26(21(15)29)17-9-10-18(27)25-20(17)28/h6-8,17,24H,9-14H2,1-5H3,(H,25,27,28). The minimum atomic E-state index is -1.80. The maximum Gasteiger partial charge on any atom is 0.264 e. The zero-order valence-corrected chi connectivity index (χ0v) is 20.9. The van der Waals surface area contributed by atoms with Gasteiger partial charge in [-0.3, -0.25) is 29.4 Å². The number of piperidine rings is 1. The van der Waals surface area contributed by atoms with Crippen molar-refractivity contribution in [1.29, 1.82) is 0 Å². The van der Waals surface area contributed by atoms with Crippen LogP contribution in [0.1, 0.15) is 54.3 Å². The molecule has 9 nitrogen and oxygen atoms in total. The van der Waals surface area contributed by atoms with Crippen molar-refractivity contribution >= 4 is 37.6 Å². The van der Waals surface area contributed by atoms with Crippen molar-refractivity contribution in [3.8, 4) is 0 Å². The summed E-state index contributed by atoms with van der Waals surface area (Å²) in [5.41, 5.74) is 1.01. The topological polar surface area (TPSA) is 114 Å². The van der Waals surface area contributed by atoms with Crippen LogP contribution in [0.5, 0.6) is 0 Å². The van der Waals surface area contributed by atoms with Gasteiger partial charge in [-0.15, -0.1) is 0 Å². The van der Waals surface area contributed by atoms with Gasteiger partial charge in [0, 0.05) is 18.7 Å². The average molecular weight is 476 g/mol. The minimum Gasteiger partial charge on any atom is -0.414 e. The minimum absolute atomic E-state index is 0.0887. The van der Waals surface area contributed by atoms with Crippen LogP contribution in [0.4, 0.5) is 5.69 Å². The second kappa shape index (κ2) is 9.74. The van der Waals surface area contributed by atoms with Crippen molar-refractivity contribution in [2.75, 3.05) is 31.7 Å². The molecule has 2 heterocycles. The Hall–Kier alpha value is -2.56. The smallest absolute Gasteiger partial charge is 0.264 e. The van der Waals surface area contributed by atoms with E-state index in [0.29, 0.717) is 32.1 Å². The van der Waals surface area contributed by atoms with Crippen molar-refractivity contribution in [2.24, 2.45) is 0 Å². The van der Waals surface area contributed by atoms with Crippen LogP contribution >= 0.6 is 0 Å². The molecule has 0 spiro atoms. The molecule has 3 rings (SSSR count). The first-order valence-electron chi connectivity index (χ1n) is 11.2. The van der Waals surface area contributed by atoms with Crippen LogP contribution in [0.25, 0.3) is 0 Å². The molecule has 0 bridgehead atoms. The van der Waals surface area contributed by atoms with E-state index in [2.05, 4.69) is 44.5 Å². The van der Waals surface area contributed by atoms with Crippen molar-refractivity contribution in [3.63, 3.8) is 0 Å². The quantitative estimate of drug-likeness (QED) is 0.320. The molecule has 1 unspecified atom stereocenters. The molecule has 10 heteroatoms. The summed E-state index contributed by atoms with van der Waals surface area (Å²) >= 11 is 0. The highest BCUT2D eigenvalue weighted by Gasteiger charge is 2.45. The van der Waals surface area contributed by atoms with Crippen molar-refractivity contribution < 1.29 is 28.3 Å². The summed E-state index contributed by atoms with van der Waals surface area (Å²) in [6.07, 6.45) is 0.217. The summed E-state index contributed by atoms with van der Waals surface area (Å²) < 4.78 is 11.7. The molecule has 180 valence electrons. The normalized spacial score (nSPS) is 19.1. The zero-order valence-electron chi connectivity index (χ0n) is 19.9. The molecule has 1 aromatic carbocycles. The number of rotatable bonds is 9. The number of benzene rings is 1. The molecule has 1 fully saturated rings. The van der Waals surface area contributed by atoms with E-state index in [1.807, 2.05) is 0 Å². The molecule has 1 aromatic rings. The largest absolute Gasteiger partial charge is 0.414 e. The van der Waals surface area contributed by atoms with Gasteiger partial charge in [0.15, 0.2) is 8.32 Å². The van der Waals surface area contributed by atoms with Crippen LogP contribution in [0.15, 0.2) is 18.2 Å². The predicted molar refractivity (Wildman–Crippen MR) is 126 cm³/mol. The molecule has 0 saturated carbocycles. The molecule has 2 N–H and O–H groups in total. The predicted octanol–water partition coefficient (Wildman–Crippen LogP) is 2.54. The lowest BCUT2D eigenvalue weighted by atomic mass is 10.0. The summed E-state index contributed by atoms with van der Waals surface area (Å²) in [7, 11) is -1.80. The highest BCUT2D eigenvalue weighted by Crippen LogP contribution is 2.36. The van der Waals surface area contributed by atoms with E-state index in [1.165, 1.54) is 0 Å². The number of amides is 4. The fraction of sp³-hybridized carbons (Fsp3) is 0.565. The number of ether oxygens (including phenoxy) is 1. The van der Waals surface area contributed by atoms with E-state index in [0.717, 1.165) is 4.90 Å². The second-order valence-corrected chi connectivity index (χ2v) is 14.6. The SMILES string of the molecule is CC(C)(C)[Si](C)(C)OCCOCCNc1cccc2c1C(=O)N(C1CCC(=O)NC1=O)C2=O. The number of nitrogens with zero attached hydrogens (tertiary/aromatic N) is 1. The van der Waals surface area contributed by atoms with Crippen LogP contribution < -0.4 is 10.6 Å². The van der Waals surface area contributed by atoms with Gasteiger partial charge >= 0.3 is 0 Å². The maximum absolute atomic E-state index is 13.1. The van der Waals surface area contributed by atoms with Crippen molar-refractivity contribution in [1.82, 2.24) is 10.2 Å². The number of hydrogen-bond donors (Lipinski definition) is 2. The molecule has 1 saturated heterocycles. The lowest BCUT2D eigenvalue weighted by molar-refractivity contribution is -0.136. The summed E-state index contributed by atoms with van der Waals surface area (Å²) in [5, 5.41) is 5.51. The second-order valence-electron chi connectivity index (χ2n) is 9.82. The van der Waals surface area contributed by atoms with Crippen LogP contribution in [0, 0.1) is 0 Å². The first-order chi connectivity index (χ1) is 15.4. The molecule has 4 amide bonds. The first kappa shape index (κ1) is 25.1. The highest BCUT2D eigenvalue weighted by molar-refractivity contribution is 6.74. The van der Waals surface area contributed by atoms with Gasteiger partial charge in [0.2, 0.25) is 11.8 Å². The summed E-state index contributed by atoms with van der Waals surface area (Å²) in [6.45, 7) is 12.8. The van der Waals surface area contributed by atoms with E-state index in [-0.39, 0.29) is 29.0 Å². The third-order valence-electron chi connectivity index (χ3n) is 6.53. The molecule has 33 heavy (non-hydrogen) atoms. The average Bonchev–Trinajstić information content (AvgIpc) is 2.98. The number of hydrogen-bond acceptors (Lipinski definition) is 7. The Balaban J connectivity index is 1.54. The van der Waals surface area contributed by atoms with E-state index >= 15 is 0 Å². The zero-order chi connectivity index (χ0) is 24.4. The van der Waals surface area contributed by atoms with E-state index in [1.54, 1.807) is 18.2 Å². The molecule has 0 radical (unpaired) electrons. The van der Waals surface area contributed by atoms with Crippen LogP contribution in [0.3, 0.4) is 0 Å². The van der Waals surface area contributed by atoms with Gasteiger partial charge in [-0.05, 0) is 36.7 Å². The van der Waals surface area contributed by atoms with Gasteiger partial charge in [0.25, 0.3) is 11.8 Å². The molecule has 2 aliphatic heterocycles. The Morgan fingerprint density at radius 3 is 2.48 bits per heavy atom. The molecule has 2 aliphatic rings. The fourth-order valence-corrected chi connectivity index (χ4v) is 4.62. The Labute approximate surface area is 195 Å². The van der Waals surface area contributed by atoms with Gasteiger partial charge in [-0.25, -0.2) is 0 Å². The van der Waals surface area contributed by atoms with Crippen LogP contribution in [-0.4, -0.2) is 69.3 Å². The summed E-state index contributed by atoms with van der Waals surface area (Å²) in [5.74, 6) is -2.07. The van der Waals surface area contributed by atoms with Gasteiger partial charge in [0.05, 0.1) is 30.9 Å². The number of fused-ring (bicyclic) bond motifs is 1. The fourth-order valence-electron chi connectivity index (χ4n) is 3.59. The van der Waals surface area contributed by atoms with Crippen molar-refractivity contribution in [2.45, 2.75) is 57.8 Å². The number of carbonyl (C=O) groups is 4. The lowest BCUT2D eigenvalue weighted by Crippen LogP contribution is -2.54. The molecule has 0 aliphatic carbocycles. The van der Waals surface area contributed by atoms with Gasteiger partial charge < -0.3 is 14.5 Å². The number of anilines is 1. The third kappa shape index (κ3) is 5.34. The molecule has 0 aromatic heterocycles. The monoisotopic (exact) mass is 475 g/mol. The van der Waals surface area contributed by atoms with Gasteiger partial charge in [-0.1, -0.05) is 26.8 Å². The molecular formula is C23H33N3O6Si. The lowest BCUT2D eigenvalue weighted by Gasteiger charge is -2.36. The maximum atomic E-state index is 13.1. The van der Waals surface area contributed by atoms with E-state index in [9.17, 15) is 19.2 Å². The van der Waals surface area contributed by atoms with E-state index in [4.69, 9.17) is 9.16 Å². The number of nitrogens with one attached hydrogen (secondary N) is 2. The van der Waals surface area contributed by atoms with Gasteiger partial charge in [-0.2, -0.15) is 0 Å². The first-order valence-corrected chi connectivity index (χ1v) is 14.1. The summed E-state index contributed by atoms with van der Waals surface area (Å²) in [6, 6.07) is 4.00. The number of imide groups is 2. The third-order valence-corrected chi connectivity index (χ3v) is 11.1. The Morgan fingerprint density at radius 1 is 1.09 bits per heavy atom. The Bertz CT molecular complexity index is 956. The number of carbonyl (C=O) groups excluding carboxylic acids is 4. The highest BCUT2D eigenvalue weighted by atomic mass is 28.4. The molecular weight excluding hydrogens is 442 g/mol. The van der Waals surface area contributed by atoms with Crippen molar-refractivity contribution in [3.05, 3.63) is 29.3 Å². The van der Waals surface area contributed by atoms with Crippen LogP contribution in [-0.2, 0) is 18.8 Å². The Morgan fingerprint density at radius 2 is 1.82 bits per heavy atom. The van der Waals surface area contributed by atoms with E-state index < -0.39 is 38.0 Å². The van der Waals surface area contributed by atoms with Gasteiger partial charge in [0.1, 0.15) is 6.04 Å². The van der Waals surface area contributed by atoms with Crippen LogP contribution in [0.2, 0.25) is 18.1 Å². The summed E-state index contributed by atoms with van der Waals surface area (Å²) in [4.78, 5) is 50.5. The Kier molecular flexibility index (Phi) is 7.40.